The first-order chi connectivity index (χ1) is 12.3. The van der Waals surface area contributed by atoms with Crippen molar-refractivity contribution in [2.24, 2.45) is 0 Å². The first kappa shape index (κ1) is 20.5. The maximum atomic E-state index is 13.4. The molecule has 0 bridgehead atoms. The normalized spacial score (nSPS) is 12.5. The molecule has 2 aromatic rings. The second-order valence-corrected chi connectivity index (χ2v) is 8.26. The molecule has 0 fully saturated rings. The highest BCUT2D eigenvalue weighted by Gasteiger charge is 2.30. The van der Waals surface area contributed by atoms with Crippen LogP contribution in [0.25, 0.3) is 0 Å². The van der Waals surface area contributed by atoms with Crippen molar-refractivity contribution in [3.63, 3.8) is 0 Å². The van der Waals surface area contributed by atoms with E-state index in [4.69, 9.17) is 9.47 Å². The van der Waals surface area contributed by atoms with Gasteiger partial charge in [-0.05, 0) is 40.5 Å². The number of para-hydroxylation sites is 1. The van der Waals surface area contributed by atoms with Gasteiger partial charge in [0.1, 0.15) is 4.90 Å². The molecule has 1 atom stereocenters. The van der Waals surface area contributed by atoms with Crippen molar-refractivity contribution in [3.8, 4) is 11.5 Å². The molecule has 2 rings (SSSR count). The van der Waals surface area contributed by atoms with Crippen LogP contribution in [0.15, 0.2) is 51.8 Å². The Morgan fingerprint density at radius 1 is 1.12 bits per heavy atom. The van der Waals surface area contributed by atoms with Crippen molar-refractivity contribution in [2.45, 2.75) is 24.3 Å². The van der Waals surface area contributed by atoms with Crippen molar-refractivity contribution in [3.05, 3.63) is 46.9 Å². The van der Waals surface area contributed by atoms with E-state index in [-0.39, 0.29) is 11.4 Å². The summed E-state index contributed by atoms with van der Waals surface area (Å²) in [6.45, 7) is 1.75. The number of aliphatic hydroxyl groups excluding tert-OH is 1. The highest BCUT2D eigenvalue weighted by atomic mass is 79.9. The van der Waals surface area contributed by atoms with E-state index in [1.54, 1.807) is 43.3 Å². The van der Waals surface area contributed by atoms with Crippen LogP contribution in [0, 0.1) is 0 Å². The predicted molar refractivity (Wildman–Crippen MR) is 105 cm³/mol. The Labute approximate surface area is 162 Å². The Morgan fingerprint density at radius 3 is 2.23 bits per heavy atom. The van der Waals surface area contributed by atoms with Crippen molar-refractivity contribution >= 4 is 31.6 Å². The SMILES string of the molecule is CCC(O)CN(c1ccccc1)S(=O)(=O)c1cc(OC)c(OC)cc1Br. The summed E-state index contributed by atoms with van der Waals surface area (Å²) in [6.07, 6.45) is -0.352. The number of rotatable bonds is 8. The Morgan fingerprint density at radius 2 is 1.69 bits per heavy atom. The lowest BCUT2D eigenvalue weighted by atomic mass is 10.2. The number of aliphatic hydroxyl groups is 1. The molecule has 2 aromatic carbocycles. The van der Waals surface area contributed by atoms with Crippen LogP contribution in [-0.4, -0.2) is 40.4 Å². The standard InChI is InChI=1S/C18H22BrNO5S/c1-4-14(21)12-20(13-8-6-5-7-9-13)26(22,23)18-11-17(25-3)16(24-2)10-15(18)19/h5-11,14,21H,4,12H2,1-3H3. The summed E-state index contributed by atoms with van der Waals surface area (Å²) in [5, 5.41) is 10.1. The molecule has 1 unspecified atom stereocenters. The molecule has 0 spiro atoms. The van der Waals surface area contributed by atoms with Gasteiger partial charge < -0.3 is 14.6 Å². The third kappa shape index (κ3) is 4.31. The molecular formula is C18H22BrNO5S. The molecule has 0 heterocycles. The van der Waals surface area contributed by atoms with E-state index in [0.717, 1.165) is 0 Å². The highest BCUT2D eigenvalue weighted by Crippen LogP contribution is 2.37. The molecular weight excluding hydrogens is 422 g/mol. The monoisotopic (exact) mass is 443 g/mol. The number of halogens is 1. The third-order valence-corrected chi connectivity index (χ3v) is 6.65. The van der Waals surface area contributed by atoms with Gasteiger partial charge in [0.15, 0.2) is 11.5 Å². The number of anilines is 1. The molecule has 0 amide bonds. The fourth-order valence-corrected chi connectivity index (χ4v) is 4.91. The Bertz CT molecular complexity index is 842. The quantitative estimate of drug-likeness (QED) is 0.675. The average Bonchev–Trinajstić information content (AvgIpc) is 2.65. The van der Waals surface area contributed by atoms with E-state index >= 15 is 0 Å². The second-order valence-electron chi connectivity index (χ2n) is 5.57. The highest BCUT2D eigenvalue weighted by molar-refractivity contribution is 9.10. The van der Waals surface area contributed by atoms with E-state index < -0.39 is 16.1 Å². The topological polar surface area (TPSA) is 76.1 Å². The van der Waals surface area contributed by atoms with Crippen LogP contribution in [0.5, 0.6) is 11.5 Å². The molecule has 0 aliphatic rings. The van der Waals surface area contributed by atoms with Gasteiger partial charge in [-0.3, -0.25) is 4.31 Å². The number of sulfonamides is 1. The van der Waals surface area contributed by atoms with Crippen LogP contribution in [0.4, 0.5) is 5.69 Å². The van der Waals surface area contributed by atoms with E-state index in [1.807, 2.05) is 0 Å². The van der Waals surface area contributed by atoms with Crippen LogP contribution in [-0.2, 0) is 10.0 Å². The molecule has 0 aromatic heterocycles. The maximum absolute atomic E-state index is 13.4. The van der Waals surface area contributed by atoms with Gasteiger partial charge in [0.05, 0.1) is 32.6 Å². The molecule has 0 saturated heterocycles. The summed E-state index contributed by atoms with van der Waals surface area (Å²) in [5.74, 6) is 0.719. The third-order valence-electron chi connectivity index (χ3n) is 3.90. The minimum absolute atomic E-state index is 0.0299. The first-order valence-corrected chi connectivity index (χ1v) is 10.3. The Kier molecular flexibility index (Phi) is 6.91. The lowest BCUT2D eigenvalue weighted by Crippen LogP contribution is -2.37. The van der Waals surface area contributed by atoms with Gasteiger partial charge in [-0.2, -0.15) is 0 Å². The second kappa shape index (κ2) is 8.75. The van der Waals surface area contributed by atoms with Crippen molar-refractivity contribution in [2.75, 3.05) is 25.1 Å². The van der Waals surface area contributed by atoms with E-state index in [9.17, 15) is 13.5 Å². The van der Waals surface area contributed by atoms with Gasteiger partial charge in [-0.15, -0.1) is 0 Å². The Hall–Kier alpha value is -1.77. The number of hydrogen-bond donors (Lipinski definition) is 1. The summed E-state index contributed by atoms with van der Waals surface area (Å²) in [7, 11) is -1.04. The predicted octanol–water partition coefficient (Wildman–Crippen LogP) is 3.43. The molecule has 0 aliphatic heterocycles. The van der Waals surface area contributed by atoms with E-state index in [0.29, 0.717) is 28.1 Å². The van der Waals surface area contributed by atoms with Crippen LogP contribution >= 0.6 is 15.9 Å². The van der Waals surface area contributed by atoms with Crippen LogP contribution in [0.2, 0.25) is 0 Å². The number of hydrogen-bond acceptors (Lipinski definition) is 5. The van der Waals surface area contributed by atoms with Gasteiger partial charge >= 0.3 is 0 Å². The van der Waals surface area contributed by atoms with Gasteiger partial charge in [0.25, 0.3) is 10.0 Å². The fraction of sp³-hybridized carbons (Fsp3) is 0.333. The maximum Gasteiger partial charge on any atom is 0.265 e. The largest absolute Gasteiger partial charge is 0.493 e. The fourth-order valence-electron chi connectivity index (χ4n) is 2.41. The number of nitrogens with zero attached hydrogens (tertiary/aromatic N) is 1. The van der Waals surface area contributed by atoms with E-state index in [1.165, 1.54) is 24.6 Å². The molecule has 0 radical (unpaired) electrons. The average molecular weight is 444 g/mol. The lowest BCUT2D eigenvalue weighted by molar-refractivity contribution is 0.179. The van der Waals surface area contributed by atoms with Crippen LogP contribution in [0.1, 0.15) is 13.3 Å². The molecule has 0 aliphatic carbocycles. The minimum atomic E-state index is -3.96. The summed E-state index contributed by atoms with van der Waals surface area (Å²) in [4.78, 5) is 0.0299. The van der Waals surface area contributed by atoms with Crippen molar-refractivity contribution in [1.82, 2.24) is 0 Å². The van der Waals surface area contributed by atoms with Crippen LogP contribution < -0.4 is 13.8 Å². The zero-order valence-electron chi connectivity index (χ0n) is 14.8. The van der Waals surface area contributed by atoms with Gasteiger partial charge in [-0.1, -0.05) is 25.1 Å². The summed E-state index contributed by atoms with van der Waals surface area (Å²) < 4.78 is 38.7. The van der Waals surface area contributed by atoms with Gasteiger partial charge in [-0.25, -0.2) is 8.42 Å². The lowest BCUT2D eigenvalue weighted by Gasteiger charge is -2.27. The molecule has 6 nitrogen and oxygen atoms in total. The van der Waals surface area contributed by atoms with Crippen molar-refractivity contribution in [1.29, 1.82) is 0 Å². The Balaban J connectivity index is 2.60. The van der Waals surface area contributed by atoms with Gasteiger partial charge in [0, 0.05) is 10.5 Å². The van der Waals surface area contributed by atoms with Crippen LogP contribution in [0.3, 0.4) is 0 Å². The zero-order valence-corrected chi connectivity index (χ0v) is 17.2. The molecule has 1 N–H and O–H groups in total. The first-order valence-electron chi connectivity index (χ1n) is 8.02. The van der Waals surface area contributed by atoms with Gasteiger partial charge in [0.2, 0.25) is 0 Å². The summed E-state index contributed by atoms with van der Waals surface area (Å²) >= 11 is 3.31. The molecule has 26 heavy (non-hydrogen) atoms. The number of benzene rings is 2. The zero-order chi connectivity index (χ0) is 19.3. The smallest absolute Gasteiger partial charge is 0.265 e. The summed E-state index contributed by atoms with van der Waals surface area (Å²) in [6, 6.07) is 11.6. The molecule has 142 valence electrons. The molecule has 8 heteroatoms. The van der Waals surface area contributed by atoms with E-state index in [2.05, 4.69) is 15.9 Å². The minimum Gasteiger partial charge on any atom is -0.493 e. The summed E-state index contributed by atoms with van der Waals surface area (Å²) in [5.41, 5.74) is 0.474. The molecule has 0 saturated carbocycles. The number of methoxy groups -OCH3 is 2. The number of ether oxygens (including phenoxy) is 2. The van der Waals surface area contributed by atoms with Crippen molar-refractivity contribution < 1.29 is 23.0 Å².